The van der Waals surface area contributed by atoms with Crippen LogP contribution in [0.2, 0.25) is 0 Å². The van der Waals surface area contributed by atoms with E-state index in [0.29, 0.717) is 0 Å². The third-order valence-corrected chi connectivity index (χ3v) is 4.23. The first-order valence-corrected chi connectivity index (χ1v) is 5.98. The third-order valence-electron chi connectivity index (χ3n) is 4.23. The number of hydrogen-bond acceptors (Lipinski definition) is 3. The van der Waals surface area contributed by atoms with Crippen LogP contribution in [0.3, 0.4) is 0 Å². The van der Waals surface area contributed by atoms with Gasteiger partial charge in [-0.2, -0.15) is 5.26 Å². The van der Waals surface area contributed by atoms with Gasteiger partial charge in [-0.15, -0.1) is 0 Å². The molecule has 0 amide bonds. The molecular weight excluding hydrogens is 252 g/mol. The average molecular weight is 263 g/mol. The molecule has 5 heteroatoms. The molecule has 0 aliphatic heterocycles. The number of esters is 1. The fraction of sp³-hybridized carbons (Fsp3) is 0.429. The molecular formula is C14H11F2NO2. The molecule has 3 nitrogen and oxygen atoms in total. The average Bonchev–Trinajstić information content (AvgIpc) is 2.36. The van der Waals surface area contributed by atoms with E-state index in [1.165, 1.54) is 0 Å². The molecule has 3 fully saturated rings. The number of hydrogen-bond donors (Lipinski definition) is 0. The lowest BCUT2D eigenvalue weighted by molar-refractivity contribution is -0.374. The van der Waals surface area contributed by atoms with Gasteiger partial charge in [-0.25, -0.2) is 8.78 Å². The predicted molar refractivity (Wildman–Crippen MR) is 60.9 cm³/mol. The van der Waals surface area contributed by atoms with E-state index in [0.717, 1.165) is 5.56 Å². The van der Waals surface area contributed by atoms with Crippen LogP contribution in [-0.2, 0) is 16.1 Å². The van der Waals surface area contributed by atoms with Gasteiger partial charge in [0.2, 0.25) is 0 Å². The fourth-order valence-electron chi connectivity index (χ4n) is 2.95. The summed E-state index contributed by atoms with van der Waals surface area (Å²) in [6, 6.07) is 10.5. The zero-order valence-corrected chi connectivity index (χ0v) is 10.0. The Morgan fingerprint density at radius 1 is 1.32 bits per heavy atom. The van der Waals surface area contributed by atoms with Crippen molar-refractivity contribution in [3.05, 3.63) is 35.9 Å². The molecule has 0 heterocycles. The molecule has 2 bridgehead atoms. The Hall–Kier alpha value is -1.96. The van der Waals surface area contributed by atoms with E-state index < -0.39 is 22.7 Å². The lowest BCUT2D eigenvalue weighted by Crippen LogP contribution is -2.81. The lowest BCUT2D eigenvalue weighted by atomic mass is 9.32. The number of benzene rings is 1. The maximum atomic E-state index is 13.7. The van der Waals surface area contributed by atoms with Gasteiger partial charge in [0, 0.05) is 0 Å². The van der Waals surface area contributed by atoms with Crippen molar-refractivity contribution < 1.29 is 18.3 Å². The Morgan fingerprint density at radius 2 is 1.95 bits per heavy atom. The van der Waals surface area contributed by atoms with E-state index in [1.807, 2.05) is 6.07 Å². The Morgan fingerprint density at radius 3 is 2.47 bits per heavy atom. The summed E-state index contributed by atoms with van der Waals surface area (Å²) in [7, 11) is 0. The summed E-state index contributed by atoms with van der Waals surface area (Å²) in [6.45, 7) is -0.0168. The van der Waals surface area contributed by atoms with E-state index in [-0.39, 0.29) is 19.4 Å². The van der Waals surface area contributed by atoms with Crippen LogP contribution in [-0.4, -0.2) is 11.9 Å². The highest BCUT2D eigenvalue weighted by Crippen LogP contribution is 2.81. The Kier molecular flexibility index (Phi) is 2.25. The van der Waals surface area contributed by atoms with Gasteiger partial charge >= 0.3 is 5.97 Å². The number of carbonyl (C=O) groups excluding carboxylic acids is 1. The van der Waals surface area contributed by atoms with E-state index in [2.05, 4.69) is 0 Å². The van der Waals surface area contributed by atoms with Crippen molar-refractivity contribution >= 4 is 5.97 Å². The normalized spacial score (nSPS) is 33.5. The third kappa shape index (κ3) is 1.26. The molecule has 1 aromatic carbocycles. The highest BCUT2D eigenvalue weighted by atomic mass is 19.3. The van der Waals surface area contributed by atoms with E-state index in [4.69, 9.17) is 10.00 Å². The van der Waals surface area contributed by atoms with Crippen LogP contribution in [0.5, 0.6) is 0 Å². The highest BCUT2D eigenvalue weighted by molar-refractivity contribution is 5.84. The molecule has 0 radical (unpaired) electrons. The molecule has 0 N–H and O–H groups in total. The summed E-state index contributed by atoms with van der Waals surface area (Å²) < 4.78 is 32.5. The van der Waals surface area contributed by atoms with Gasteiger partial charge in [0.25, 0.3) is 5.92 Å². The number of rotatable bonds is 3. The smallest absolute Gasteiger partial charge is 0.318 e. The molecule has 98 valence electrons. The highest BCUT2D eigenvalue weighted by Gasteiger charge is 2.93. The second kappa shape index (κ2) is 3.53. The minimum absolute atomic E-state index is 0.0168. The summed E-state index contributed by atoms with van der Waals surface area (Å²) in [5.74, 6) is -4.14. The Balaban J connectivity index is 1.66. The van der Waals surface area contributed by atoms with Gasteiger partial charge in [-0.3, -0.25) is 4.79 Å². The molecule has 0 aromatic heterocycles. The first-order chi connectivity index (χ1) is 8.97. The maximum absolute atomic E-state index is 13.7. The van der Waals surface area contributed by atoms with Gasteiger partial charge in [-0.1, -0.05) is 30.3 Å². The number of halogens is 2. The summed E-state index contributed by atoms with van der Waals surface area (Å²) in [4.78, 5) is 11.8. The van der Waals surface area contributed by atoms with Crippen LogP contribution in [0.4, 0.5) is 8.78 Å². The van der Waals surface area contributed by atoms with Crippen molar-refractivity contribution in [3.63, 3.8) is 0 Å². The molecule has 0 spiro atoms. The standard InChI is InChI=1S/C14H11F2NO2/c15-14(16)12(9-17)7-13(14,8-12)11(18)19-6-10-4-2-1-3-5-10/h1-5H,6-8H2. The number of carbonyl (C=O) groups is 1. The quantitative estimate of drug-likeness (QED) is 0.788. The summed E-state index contributed by atoms with van der Waals surface area (Å²) in [5, 5.41) is 8.74. The van der Waals surface area contributed by atoms with E-state index >= 15 is 0 Å². The van der Waals surface area contributed by atoms with Gasteiger partial charge in [0.15, 0.2) is 0 Å². The van der Waals surface area contributed by atoms with Crippen molar-refractivity contribution in [2.75, 3.05) is 0 Å². The van der Waals surface area contributed by atoms with Crippen LogP contribution in [0.15, 0.2) is 30.3 Å². The van der Waals surface area contributed by atoms with Crippen LogP contribution in [0.1, 0.15) is 18.4 Å². The monoisotopic (exact) mass is 263 g/mol. The first-order valence-electron chi connectivity index (χ1n) is 5.98. The van der Waals surface area contributed by atoms with Gasteiger partial charge in [0.1, 0.15) is 17.4 Å². The van der Waals surface area contributed by atoms with E-state index in [1.54, 1.807) is 30.3 Å². The molecule has 0 atom stereocenters. The molecule has 19 heavy (non-hydrogen) atoms. The van der Waals surface area contributed by atoms with E-state index in [9.17, 15) is 13.6 Å². The number of ether oxygens (including phenoxy) is 1. The topological polar surface area (TPSA) is 50.1 Å². The van der Waals surface area contributed by atoms with Crippen LogP contribution in [0.25, 0.3) is 0 Å². The zero-order valence-electron chi connectivity index (χ0n) is 10.0. The fourth-order valence-corrected chi connectivity index (χ4v) is 2.95. The molecule has 3 aliphatic rings. The minimum Gasteiger partial charge on any atom is -0.460 e. The van der Waals surface area contributed by atoms with Crippen LogP contribution < -0.4 is 0 Å². The molecule has 3 saturated carbocycles. The summed E-state index contributed by atoms with van der Waals surface area (Å²) in [5.41, 5.74) is -2.63. The van der Waals surface area contributed by atoms with Crippen LogP contribution >= 0.6 is 0 Å². The lowest BCUT2D eigenvalue weighted by Gasteiger charge is -2.69. The molecule has 1 aromatic rings. The van der Waals surface area contributed by atoms with Crippen molar-refractivity contribution in [1.82, 2.24) is 0 Å². The van der Waals surface area contributed by atoms with Crippen molar-refractivity contribution in [1.29, 1.82) is 5.26 Å². The first kappa shape index (κ1) is 12.1. The number of nitriles is 1. The van der Waals surface area contributed by atoms with Gasteiger partial charge in [-0.05, 0) is 18.4 Å². The zero-order chi connectivity index (χ0) is 13.7. The van der Waals surface area contributed by atoms with Crippen molar-refractivity contribution in [2.24, 2.45) is 10.8 Å². The second-order valence-corrected chi connectivity index (χ2v) is 5.27. The van der Waals surface area contributed by atoms with Gasteiger partial charge in [0.05, 0.1) is 6.07 Å². The predicted octanol–water partition coefficient (Wildman–Crippen LogP) is 2.67. The maximum Gasteiger partial charge on any atom is 0.318 e. The van der Waals surface area contributed by atoms with Crippen molar-refractivity contribution in [3.8, 4) is 6.07 Å². The Labute approximate surface area is 108 Å². The van der Waals surface area contributed by atoms with Gasteiger partial charge < -0.3 is 4.74 Å². The largest absolute Gasteiger partial charge is 0.460 e. The molecule has 4 rings (SSSR count). The summed E-state index contributed by atoms with van der Waals surface area (Å²) >= 11 is 0. The number of nitrogens with zero attached hydrogens (tertiary/aromatic N) is 1. The summed E-state index contributed by atoms with van der Waals surface area (Å²) in [6.07, 6.45) is -0.172. The Bertz CT molecular complexity index is 571. The molecule has 0 unspecified atom stereocenters. The van der Waals surface area contributed by atoms with Crippen molar-refractivity contribution in [2.45, 2.75) is 25.4 Å². The van der Waals surface area contributed by atoms with Crippen LogP contribution in [0, 0.1) is 22.2 Å². The molecule has 0 saturated heterocycles. The second-order valence-electron chi connectivity index (χ2n) is 5.27. The number of alkyl halides is 2. The SMILES string of the molecule is N#CC12CC(C(=O)OCc3ccccc3)(C1)C2(F)F. The minimum atomic E-state index is -3.25. The molecule has 3 aliphatic carbocycles.